The molecule has 0 saturated heterocycles. The van der Waals surface area contributed by atoms with Gasteiger partial charge in [-0.1, -0.05) is 12.8 Å². The highest BCUT2D eigenvalue weighted by atomic mass is 15.2. The molecule has 0 radical (unpaired) electrons. The van der Waals surface area contributed by atoms with Gasteiger partial charge in [-0.15, -0.1) is 0 Å². The first kappa shape index (κ1) is 13.9. The molecule has 2 aliphatic carbocycles. The van der Waals surface area contributed by atoms with Crippen LogP contribution in [0.1, 0.15) is 55.3 Å². The van der Waals surface area contributed by atoms with Gasteiger partial charge in [0.05, 0.1) is 0 Å². The molecule has 3 nitrogen and oxygen atoms in total. The largest absolute Gasteiger partial charge is 0.359 e. The molecule has 1 saturated carbocycles. The first-order chi connectivity index (χ1) is 9.78. The Bertz CT molecular complexity index is 464. The summed E-state index contributed by atoms with van der Waals surface area (Å²) in [5.41, 5.74) is 9.95. The van der Waals surface area contributed by atoms with Crippen molar-refractivity contribution in [2.45, 2.75) is 57.9 Å². The van der Waals surface area contributed by atoms with Crippen LogP contribution < -0.4 is 10.6 Å². The van der Waals surface area contributed by atoms with Crippen LogP contribution in [0.15, 0.2) is 6.07 Å². The quantitative estimate of drug-likeness (QED) is 0.917. The summed E-state index contributed by atoms with van der Waals surface area (Å²) in [5.74, 6) is 1.99. The second kappa shape index (κ2) is 6.13. The van der Waals surface area contributed by atoms with Crippen LogP contribution in [0.25, 0.3) is 0 Å². The number of rotatable bonds is 4. The Morgan fingerprint density at radius 3 is 2.70 bits per heavy atom. The topological polar surface area (TPSA) is 42.2 Å². The van der Waals surface area contributed by atoms with Gasteiger partial charge in [0.1, 0.15) is 5.82 Å². The number of pyridine rings is 1. The summed E-state index contributed by atoms with van der Waals surface area (Å²) in [4.78, 5) is 7.33. The van der Waals surface area contributed by atoms with Crippen LogP contribution in [0.2, 0.25) is 0 Å². The highest BCUT2D eigenvalue weighted by Gasteiger charge is 2.21. The van der Waals surface area contributed by atoms with E-state index in [2.05, 4.69) is 18.0 Å². The van der Waals surface area contributed by atoms with Crippen molar-refractivity contribution < 1.29 is 0 Å². The fourth-order valence-corrected chi connectivity index (χ4v) is 3.82. The van der Waals surface area contributed by atoms with Crippen LogP contribution in [-0.2, 0) is 19.4 Å². The van der Waals surface area contributed by atoms with E-state index in [1.807, 2.05) is 0 Å². The molecular weight excluding hydrogens is 246 g/mol. The molecule has 2 N–H and O–H groups in total. The van der Waals surface area contributed by atoms with E-state index >= 15 is 0 Å². The van der Waals surface area contributed by atoms with Crippen molar-refractivity contribution in [3.05, 3.63) is 22.9 Å². The monoisotopic (exact) mass is 273 g/mol. The molecule has 2 aliphatic rings. The van der Waals surface area contributed by atoms with Crippen molar-refractivity contribution in [1.29, 1.82) is 0 Å². The molecule has 0 aromatic carbocycles. The van der Waals surface area contributed by atoms with E-state index in [-0.39, 0.29) is 0 Å². The van der Waals surface area contributed by atoms with E-state index in [0.29, 0.717) is 6.54 Å². The molecule has 3 heteroatoms. The lowest BCUT2D eigenvalue weighted by atomic mass is 9.94. The Balaban J connectivity index is 1.82. The molecule has 0 atom stereocenters. The number of hydrogen-bond acceptors (Lipinski definition) is 3. The Morgan fingerprint density at radius 1 is 1.20 bits per heavy atom. The summed E-state index contributed by atoms with van der Waals surface area (Å²) in [7, 11) is 2.19. The predicted octanol–water partition coefficient (Wildman–Crippen LogP) is 3.05. The predicted molar refractivity (Wildman–Crippen MR) is 84.0 cm³/mol. The summed E-state index contributed by atoms with van der Waals surface area (Å²) in [6.07, 6.45) is 10.5. The maximum Gasteiger partial charge on any atom is 0.133 e. The summed E-state index contributed by atoms with van der Waals surface area (Å²) in [6, 6.07) is 2.32. The molecule has 1 aromatic heterocycles. The molecule has 0 unspecified atom stereocenters. The maximum absolute atomic E-state index is 5.96. The third kappa shape index (κ3) is 2.83. The van der Waals surface area contributed by atoms with Crippen molar-refractivity contribution >= 4 is 5.82 Å². The highest BCUT2D eigenvalue weighted by molar-refractivity contribution is 5.50. The summed E-state index contributed by atoms with van der Waals surface area (Å²) >= 11 is 0. The van der Waals surface area contributed by atoms with Gasteiger partial charge in [-0.05, 0) is 56.1 Å². The van der Waals surface area contributed by atoms with E-state index in [0.717, 1.165) is 24.7 Å². The zero-order chi connectivity index (χ0) is 13.9. The van der Waals surface area contributed by atoms with Crippen LogP contribution in [0.3, 0.4) is 0 Å². The van der Waals surface area contributed by atoms with Crippen LogP contribution in [-0.4, -0.2) is 18.6 Å². The first-order valence-corrected chi connectivity index (χ1v) is 8.21. The Hall–Kier alpha value is -1.09. The van der Waals surface area contributed by atoms with Crippen molar-refractivity contribution in [2.75, 3.05) is 18.5 Å². The molecule has 1 heterocycles. The lowest BCUT2D eigenvalue weighted by Crippen LogP contribution is -2.27. The van der Waals surface area contributed by atoms with Gasteiger partial charge in [0.2, 0.25) is 0 Å². The van der Waals surface area contributed by atoms with Gasteiger partial charge in [0, 0.05) is 31.4 Å². The molecular formula is C17H27N3. The zero-order valence-electron chi connectivity index (χ0n) is 12.7. The molecule has 3 rings (SSSR count). The fraction of sp³-hybridized carbons (Fsp3) is 0.706. The average molecular weight is 273 g/mol. The van der Waals surface area contributed by atoms with E-state index in [9.17, 15) is 0 Å². The molecule has 0 aliphatic heterocycles. The number of nitrogens with zero attached hydrogens (tertiary/aromatic N) is 2. The minimum Gasteiger partial charge on any atom is -0.359 e. The Morgan fingerprint density at radius 2 is 1.95 bits per heavy atom. The summed E-state index contributed by atoms with van der Waals surface area (Å²) in [6.45, 7) is 1.74. The second-order valence-electron chi connectivity index (χ2n) is 6.52. The van der Waals surface area contributed by atoms with Crippen LogP contribution in [0, 0.1) is 5.92 Å². The fourth-order valence-electron chi connectivity index (χ4n) is 3.82. The third-order valence-electron chi connectivity index (χ3n) is 4.95. The summed E-state index contributed by atoms with van der Waals surface area (Å²) < 4.78 is 0. The minimum atomic E-state index is 0.602. The normalized spacial score (nSPS) is 19.1. The number of fused-ring (bicyclic) bond motifs is 1. The molecule has 20 heavy (non-hydrogen) atoms. The van der Waals surface area contributed by atoms with Gasteiger partial charge < -0.3 is 10.6 Å². The van der Waals surface area contributed by atoms with E-state index < -0.39 is 0 Å². The molecule has 0 spiro atoms. The zero-order valence-corrected chi connectivity index (χ0v) is 12.7. The average Bonchev–Trinajstić information content (AvgIpc) is 2.98. The molecule has 1 aromatic rings. The van der Waals surface area contributed by atoms with Crippen LogP contribution in [0.4, 0.5) is 5.82 Å². The SMILES string of the molecule is CN(CC1CCCC1)c1nc2c(cc1CN)CCCC2. The number of hydrogen-bond donors (Lipinski definition) is 1. The van der Waals surface area contributed by atoms with Crippen LogP contribution >= 0.6 is 0 Å². The van der Waals surface area contributed by atoms with Gasteiger partial charge in [0.25, 0.3) is 0 Å². The van der Waals surface area contributed by atoms with Crippen molar-refractivity contribution in [3.8, 4) is 0 Å². The minimum absolute atomic E-state index is 0.602. The molecule has 110 valence electrons. The van der Waals surface area contributed by atoms with Gasteiger partial charge in [-0.2, -0.15) is 0 Å². The second-order valence-corrected chi connectivity index (χ2v) is 6.52. The first-order valence-electron chi connectivity index (χ1n) is 8.21. The Labute approximate surface area is 122 Å². The van der Waals surface area contributed by atoms with Gasteiger partial charge in [-0.25, -0.2) is 4.98 Å². The van der Waals surface area contributed by atoms with Gasteiger partial charge in [0.15, 0.2) is 0 Å². The van der Waals surface area contributed by atoms with Crippen molar-refractivity contribution in [2.24, 2.45) is 11.7 Å². The summed E-state index contributed by atoms with van der Waals surface area (Å²) in [5, 5.41) is 0. The molecule has 0 bridgehead atoms. The van der Waals surface area contributed by atoms with E-state index in [1.54, 1.807) is 0 Å². The number of nitrogens with two attached hydrogens (primary N) is 1. The number of anilines is 1. The number of aryl methyl sites for hydroxylation is 2. The van der Waals surface area contributed by atoms with Crippen molar-refractivity contribution in [3.63, 3.8) is 0 Å². The maximum atomic E-state index is 5.96. The molecule has 0 amide bonds. The van der Waals surface area contributed by atoms with E-state index in [4.69, 9.17) is 10.7 Å². The number of aromatic nitrogens is 1. The van der Waals surface area contributed by atoms with Gasteiger partial charge in [-0.3, -0.25) is 0 Å². The van der Waals surface area contributed by atoms with Gasteiger partial charge >= 0.3 is 0 Å². The lowest BCUT2D eigenvalue weighted by Gasteiger charge is -2.26. The standard InChI is InChI=1S/C17H27N3/c1-20(12-13-6-2-3-7-13)17-15(11-18)10-14-8-4-5-9-16(14)19-17/h10,13H,2-9,11-12,18H2,1H3. The molecule has 1 fully saturated rings. The lowest BCUT2D eigenvalue weighted by molar-refractivity contribution is 0.543. The smallest absolute Gasteiger partial charge is 0.133 e. The van der Waals surface area contributed by atoms with Crippen molar-refractivity contribution in [1.82, 2.24) is 4.98 Å². The van der Waals surface area contributed by atoms with E-state index in [1.165, 1.54) is 61.8 Å². The van der Waals surface area contributed by atoms with Crippen LogP contribution in [0.5, 0.6) is 0 Å². The Kier molecular flexibility index (Phi) is 4.25. The third-order valence-corrected chi connectivity index (χ3v) is 4.95. The highest BCUT2D eigenvalue weighted by Crippen LogP contribution is 2.29.